The van der Waals surface area contributed by atoms with Gasteiger partial charge in [0.2, 0.25) is 0 Å². The highest BCUT2D eigenvalue weighted by atomic mass is 79.9. The lowest BCUT2D eigenvalue weighted by molar-refractivity contribution is 0.636. The van der Waals surface area contributed by atoms with E-state index in [1.807, 2.05) is 26.0 Å². The van der Waals surface area contributed by atoms with Crippen LogP contribution in [0.4, 0.5) is 4.39 Å². The van der Waals surface area contributed by atoms with Gasteiger partial charge in [0.1, 0.15) is 10.7 Å². The van der Waals surface area contributed by atoms with E-state index in [0.717, 1.165) is 22.2 Å². The Morgan fingerprint density at radius 3 is 2.65 bits per heavy atom. The molecule has 6 heteroatoms. The van der Waals surface area contributed by atoms with Crippen molar-refractivity contribution in [3.63, 3.8) is 0 Å². The number of hydrogen-bond acceptors (Lipinski definition) is 2. The average molecular weight is 355 g/mol. The van der Waals surface area contributed by atoms with Crippen molar-refractivity contribution < 1.29 is 4.39 Å². The molecule has 0 aliphatic heterocycles. The lowest BCUT2D eigenvalue weighted by Gasteiger charge is -2.10. The lowest BCUT2D eigenvalue weighted by atomic mass is 10.0. The Labute approximate surface area is 128 Å². The van der Waals surface area contributed by atoms with E-state index in [1.165, 1.54) is 6.07 Å². The zero-order chi connectivity index (χ0) is 14.4. The molecule has 1 aromatic carbocycles. The van der Waals surface area contributed by atoms with E-state index in [-0.39, 0.29) is 10.7 Å². The minimum atomic E-state index is -0.399. The predicted octanol–water partition coefficient (Wildman–Crippen LogP) is 4.80. The molecule has 0 unspecified atom stereocenters. The van der Waals surface area contributed by atoms with Crippen LogP contribution >= 0.6 is 27.5 Å². The molecule has 0 saturated heterocycles. The monoisotopic (exact) mass is 353 g/mol. The molecule has 0 spiro atoms. The number of aromatic nitrogens is 3. The normalized spacial score (nSPS) is 11.2. The minimum absolute atomic E-state index is 0.253. The van der Waals surface area contributed by atoms with Gasteiger partial charge in [0.15, 0.2) is 5.82 Å². The maximum absolute atomic E-state index is 14.0. The molecule has 0 aliphatic carbocycles. The summed E-state index contributed by atoms with van der Waals surface area (Å²) in [5.74, 6) is -0.399. The molecule has 0 saturated carbocycles. The molecule has 1 N–H and O–H groups in total. The maximum Gasteiger partial charge on any atom is 0.150 e. The van der Waals surface area contributed by atoms with Gasteiger partial charge in [0.05, 0.1) is 5.69 Å². The van der Waals surface area contributed by atoms with Gasteiger partial charge in [-0.3, -0.25) is 5.10 Å². The number of fused-ring (bicyclic) bond motifs is 1. The fourth-order valence-corrected chi connectivity index (χ4v) is 3.01. The number of nitrogens with zero attached hydrogens (tertiary/aromatic N) is 2. The number of benzene rings is 1. The van der Waals surface area contributed by atoms with Crippen molar-refractivity contribution in [2.24, 2.45) is 0 Å². The second-order valence-corrected chi connectivity index (χ2v) is 5.90. The van der Waals surface area contributed by atoms with Gasteiger partial charge in [-0.15, -0.1) is 0 Å². The van der Waals surface area contributed by atoms with E-state index in [0.29, 0.717) is 10.2 Å². The van der Waals surface area contributed by atoms with Crippen LogP contribution in [0.2, 0.25) is 5.15 Å². The van der Waals surface area contributed by atoms with E-state index < -0.39 is 5.82 Å². The van der Waals surface area contributed by atoms with E-state index >= 15 is 0 Å². The second-order valence-electron chi connectivity index (χ2n) is 4.62. The number of aromatic amines is 1. The molecule has 2 aromatic heterocycles. The molecule has 3 aromatic rings. The largest absolute Gasteiger partial charge is 0.282 e. The highest BCUT2D eigenvalue weighted by Gasteiger charge is 2.17. The number of aryl methyl sites for hydroxylation is 2. The standard InChI is InChI=1S/C14H10BrClFN3/c1-6-3-11(20-19-6)12-7(2)9-4-8(15)5-10(17)13(9)18-14(12)16/h3-5H,1-2H3,(H,19,20). The first-order valence-electron chi connectivity index (χ1n) is 5.94. The van der Waals surface area contributed by atoms with Gasteiger partial charge in [-0.25, -0.2) is 9.37 Å². The third-order valence-electron chi connectivity index (χ3n) is 3.19. The summed E-state index contributed by atoms with van der Waals surface area (Å²) in [7, 11) is 0. The smallest absolute Gasteiger partial charge is 0.150 e. The summed E-state index contributed by atoms with van der Waals surface area (Å²) >= 11 is 9.52. The molecular weight excluding hydrogens is 345 g/mol. The van der Waals surface area contributed by atoms with Crippen LogP contribution in [0.15, 0.2) is 22.7 Å². The summed E-state index contributed by atoms with van der Waals surface area (Å²) < 4.78 is 14.6. The molecule has 0 atom stereocenters. The first-order valence-corrected chi connectivity index (χ1v) is 7.11. The molecule has 3 nitrogen and oxygen atoms in total. The van der Waals surface area contributed by atoms with Gasteiger partial charge < -0.3 is 0 Å². The zero-order valence-electron chi connectivity index (χ0n) is 10.8. The molecular formula is C14H10BrClFN3. The molecule has 3 rings (SSSR count). The summed E-state index contributed by atoms with van der Waals surface area (Å²) in [6.07, 6.45) is 0. The van der Waals surface area contributed by atoms with E-state index in [2.05, 4.69) is 31.1 Å². The summed E-state index contributed by atoms with van der Waals surface area (Å²) in [6, 6.07) is 5.10. The van der Waals surface area contributed by atoms with Crippen LogP contribution in [0, 0.1) is 19.7 Å². The Bertz CT molecular complexity index is 829. The number of hydrogen-bond donors (Lipinski definition) is 1. The first kappa shape index (κ1) is 13.5. The van der Waals surface area contributed by atoms with Gasteiger partial charge in [-0.2, -0.15) is 5.10 Å². The molecule has 102 valence electrons. The van der Waals surface area contributed by atoms with Crippen LogP contribution in [0.1, 0.15) is 11.3 Å². The van der Waals surface area contributed by atoms with Crippen LogP contribution in [0.3, 0.4) is 0 Å². The third-order valence-corrected chi connectivity index (χ3v) is 3.92. The number of pyridine rings is 1. The van der Waals surface area contributed by atoms with Crippen molar-refractivity contribution in [2.75, 3.05) is 0 Å². The van der Waals surface area contributed by atoms with Crippen molar-refractivity contribution in [1.82, 2.24) is 15.2 Å². The Morgan fingerprint density at radius 2 is 2.00 bits per heavy atom. The van der Waals surface area contributed by atoms with Crippen LogP contribution in [-0.4, -0.2) is 15.2 Å². The van der Waals surface area contributed by atoms with Crippen LogP contribution in [-0.2, 0) is 0 Å². The van der Waals surface area contributed by atoms with E-state index in [9.17, 15) is 4.39 Å². The highest BCUT2D eigenvalue weighted by Crippen LogP contribution is 2.35. The molecule has 2 heterocycles. The second kappa shape index (κ2) is 4.82. The van der Waals surface area contributed by atoms with Crippen molar-refractivity contribution in [3.8, 4) is 11.3 Å². The lowest BCUT2D eigenvalue weighted by Crippen LogP contribution is -1.94. The van der Waals surface area contributed by atoms with Gasteiger partial charge in [0.25, 0.3) is 0 Å². The Hall–Kier alpha value is -1.46. The first-order chi connectivity index (χ1) is 9.47. The zero-order valence-corrected chi connectivity index (χ0v) is 13.1. The third kappa shape index (κ3) is 2.11. The van der Waals surface area contributed by atoms with Crippen molar-refractivity contribution >= 4 is 38.4 Å². The van der Waals surface area contributed by atoms with Gasteiger partial charge in [-0.1, -0.05) is 27.5 Å². The van der Waals surface area contributed by atoms with Crippen LogP contribution < -0.4 is 0 Å². The molecule has 0 bridgehead atoms. The average Bonchev–Trinajstić information content (AvgIpc) is 2.78. The number of halogens is 3. The van der Waals surface area contributed by atoms with Crippen molar-refractivity contribution in [2.45, 2.75) is 13.8 Å². The summed E-state index contributed by atoms with van der Waals surface area (Å²) in [4.78, 5) is 4.18. The quantitative estimate of drug-likeness (QED) is 0.638. The van der Waals surface area contributed by atoms with Crippen molar-refractivity contribution in [1.29, 1.82) is 0 Å². The minimum Gasteiger partial charge on any atom is -0.282 e. The van der Waals surface area contributed by atoms with E-state index in [4.69, 9.17) is 11.6 Å². The van der Waals surface area contributed by atoms with Gasteiger partial charge in [-0.05, 0) is 37.6 Å². The molecule has 20 heavy (non-hydrogen) atoms. The van der Waals surface area contributed by atoms with E-state index in [1.54, 1.807) is 0 Å². The fraction of sp³-hybridized carbons (Fsp3) is 0.143. The summed E-state index contributed by atoms with van der Waals surface area (Å²) in [6.45, 7) is 3.80. The fourth-order valence-electron chi connectivity index (χ4n) is 2.25. The SMILES string of the molecule is Cc1cc(-c2c(Cl)nc3c(F)cc(Br)cc3c2C)n[nH]1. The number of rotatable bonds is 1. The molecule has 0 aliphatic rings. The Kier molecular flexibility index (Phi) is 3.26. The highest BCUT2D eigenvalue weighted by molar-refractivity contribution is 9.10. The van der Waals surface area contributed by atoms with Crippen LogP contribution in [0.5, 0.6) is 0 Å². The summed E-state index contributed by atoms with van der Waals surface area (Å²) in [5.41, 5.74) is 3.48. The Morgan fingerprint density at radius 1 is 1.25 bits per heavy atom. The van der Waals surface area contributed by atoms with Crippen LogP contribution in [0.25, 0.3) is 22.2 Å². The molecule has 0 amide bonds. The maximum atomic E-state index is 14.0. The topological polar surface area (TPSA) is 41.6 Å². The van der Waals surface area contributed by atoms with Gasteiger partial charge >= 0.3 is 0 Å². The predicted molar refractivity (Wildman–Crippen MR) is 81.5 cm³/mol. The molecule has 0 radical (unpaired) electrons. The van der Waals surface area contributed by atoms with Gasteiger partial charge in [0, 0.05) is 21.1 Å². The number of nitrogens with one attached hydrogen (secondary N) is 1. The summed E-state index contributed by atoms with van der Waals surface area (Å²) in [5, 5.41) is 8.05. The molecule has 0 fully saturated rings. The Balaban J connectivity index is 2.39. The van der Waals surface area contributed by atoms with Crippen molar-refractivity contribution in [3.05, 3.63) is 44.9 Å². The number of H-pyrrole nitrogens is 1.